The number of nitrogens with zero attached hydrogens (tertiary/aromatic N) is 2. The van der Waals surface area contributed by atoms with Crippen LogP contribution in [0.15, 0.2) is 35.2 Å². The van der Waals surface area contributed by atoms with E-state index in [9.17, 15) is 0 Å². The fourth-order valence-corrected chi connectivity index (χ4v) is 2.07. The fourth-order valence-electron chi connectivity index (χ4n) is 1.79. The lowest BCUT2D eigenvalue weighted by molar-refractivity contribution is 0.296. The van der Waals surface area contributed by atoms with Crippen LogP contribution >= 0.6 is 15.9 Å². The van der Waals surface area contributed by atoms with Crippen LogP contribution in [0.25, 0.3) is 0 Å². The van der Waals surface area contributed by atoms with Crippen LogP contribution in [0.1, 0.15) is 18.4 Å². The van der Waals surface area contributed by atoms with E-state index in [0.29, 0.717) is 16.2 Å². The summed E-state index contributed by atoms with van der Waals surface area (Å²) in [5.74, 6) is 2.83. The summed E-state index contributed by atoms with van der Waals surface area (Å²) in [6.07, 6.45) is 4.02. The number of hydrogen-bond acceptors (Lipinski definition) is 4. The largest absolute Gasteiger partial charge is 0.493 e. The Bertz CT molecular complexity index is 615. The average molecular weight is 335 g/mol. The van der Waals surface area contributed by atoms with Crippen molar-refractivity contribution in [1.29, 1.82) is 0 Å². The Morgan fingerprint density at radius 3 is 2.85 bits per heavy atom. The predicted molar refractivity (Wildman–Crippen MR) is 79.2 cm³/mol. The molecule has 1 saturated carbocycles. The molecule has 4 nitrogen and oxygen atoms in total. The molecule has 0 spiro atoms. The lowest BCUT2D eigenvalue weighted by Gasteiger charge is -2.11. The van der Waals surface area contributed by atoms with Gasteiger partial charge >= 0.3 is 0 Å². The fraction of sp³-hybridized carbons (Fsp3) is 0.333. The van der Waals surface area contributed by atoms with E-state index >= 15 is 0 Å². The van der Waals surface area contributed by atoms with Crippen LogP contribution in [-0.4, -0.2) is 16.6 Å². The number of aromatic nitrogens is 2. The van der Waals surface area contributed by atoms with Crippen LogP contribution in [0.2, 0.25) is 0 Å². The molecule has 1 fully saturated rings. The monoisotopic (exact) mass is 334 g/mol. The first-order chi connectivity index (χ1) is 9.70. The predicted octanol–water partition coefficient (Wildman–Crippen LogP) is 4.13. The maximum Gasteiger partial charge on any atom is 0.223 e. The Labute approximate surface area is 126 Å². The van der Waals surface area contributed by atoms with Gasteiger partial charge in [0, 0.05) is 12.1 Å². The summed E-state index contributed by atoms with van der Waals surface area (Å²) in [5, 5.41) is 0. The Balaban J connectivity index is 1.73. The third-order valence-corrected chi connectivity index (χ3v) is 3.60. The Morgan fingerprint density at radius 1 is 1.25 bits per heavy atom. The number of hydrogen-bond donors (Lipinski definition) is 0. The van der Waals surface area contributed by atoms with Gasteiger partial charge in [0.2, 0.25) is 5.88 Å². The van der Waals surface area contributed by atoms with Crippen LogP contribution in [0, 0.1) is 12.8 Å². The molecule has 2 aromatic rings. The van der Waals surface area contributed by atoms with Crippen molar-refractivity contribution in [1.82, 2.24) is 9.97 Å². The van der Waals surface area contributed by atoms with Gasteiger partial charge in [0.05, 0.1) is 6.61 Å². The molecule has 104 valence electrons. The topological polar surface area (TPSA) is 44.2 Å². The van der Waals surface area contributed by atoms with E-state index in [1.165, 1.54) is 19.2 Å². The summed E-state index contributed by atoms with van der Waals surface area (Å²) in [6, 6.07) is 7.54. The number of aryl methyl sites for hydroxylation is 1. The van der Waals surface area contributed by atoms with Gasteiger partial charge in [-0.05, 0) is 53.2 Å². The van der Waals surface area contributed by atoms with E-state index in [4.69, 9.17) is 9.47 Å². The highest BCUT2D eigenvalue weighted by Crippen LogP contribution is 2.32. The van der Waals surface area contributed by atoms with Crippen LogP contribution < -0.4 is 9.47 Å². The van der Waals surface area contributed by atoms with Crippen molar-refractivity contribution in [2.45, 2.75) is 19.8 Å². The molecule has 0 unspecified atom stereocenters. The van der Waals surface area contributed by atoms with E-state index in [0.717, 1.165) is 23.8 Å². The molecule has 1 heterocycles. The summed E-state index contributed by atoms with van der Waals surface area (Å²) in [5.41, 5.74) is 1.11. The zero-order valence-corrected chi connectivity index (χ0v) is 12.8. The van der Waals surface area contributed by atoms with Gasteiger partial charge in [0.25, 0.3) is 0 Å². The SMILES string of the molecule is Cc1ccc(Oc2cc(Br)ncn2)cc1OCC1CC1. The molecule has 0 aliphatic heterocycles. The summed E-state index contributed by atoms with van der Waals surface area (Å²) in [6.45, 7) is 2.83. The van der Waals surface area contributed by atoms with Crippen molar-refractivity contribution in [2.24, 2.45) is 5.92 Å². The van der Waals surface area contributed by atoms with Gasteiger partial charge in [-0.15, -0.1) is 0 Å². The van der Waals surface area contributed by atoms with Gasteiger partial charge in [-0.1, -0.05) is 6.07 Å². The third kappa shape index (κ3) is 3.48. The number of rotatable bonds is 5. The van der Waals surface area contributed by atoms with Crippen molar-refractivity contribution in [3.8, 4) is 17.4 Å². The van der Waals surface area contributed by atoms with Gasteiger partial charge in [0.1, 0.15) is 22.4 Å². The van der Waals surface area contributed by atoms with E-state index in [2.05, 4.69) is 25.9 Å². The van der Waals surface area contributed by atoms with Crippen molar-refractivity contribution >= 4 is 15.9 Å². The Kier molecular flexibility index (Phi) is 3.87. The summed E-state index contributed by atoms with van der Waals surface area (Å²) >= 11 is 3.29. The minimum atomic E-state index is 0.504. The lowest BCUT2D eigenvalue weighted by atomic mass is 10.2. The normalized spacial score (nSPS) is 14.1. The first-order valence-electron chi connectivity index (χ1n) is 6.59. The van der Waals surface area contributed by atoms with Gasteiger partial charge in [-0.3, -0.25) is 0 Å². The van der Waals surface area contributed by atoms with Crippen LogP contribution in [0.4, 0.5) is 0 Å². The summed E-state index contributed by atoms with van der Waals surface area (Å²) < 4.78 is 12.3. The average Bonchev–Trinajstić information content (AvgIpc) is 3.23. The lowest BCUT2D eigenvalue weighted by Crippen LogP contribution is -2.00. The molecule has 3 rings (SSSR count). The Hall–Kier alpha value is -1.62. The van der Waals surface area contributed by atoms with Crippen LogP contribution in [0.3, 0.4) is 0 Å². The molecule has 0 radical (unpaired) electrons. The smallest absolute Gasteiger partial charge is 0.223 e. The second-order valence-corrected chi connectivity index (χ2v) is 5.78. The zero-order chi connectivity index (χ0) is 13.9. The molecule has 0 N–H and O–H groups in total. The first kappa shape index (κ1) is 13.4. The minimum Gasteiger partial charge on any atom is -0.493 e. The molecule has 0 atom stereocenters. The van der Waals surface area contributed by atoms with E-state index in [1.807, 2.05) is 25.1 Å². The quantitative estimate of drug-likeness (QED) is 0.771. The maximum atomic E-state index is 5.84. The van der Waals surface area contributed by atoms with Crippen molar-refractivity contribution in [2.75, 3.05) is 6.61 Å². The molecular formula is C15H15BrN2O2. The molecule has 0 bridgehead atoms. The molecule has 20 heavy (non-hydrogen) atoms. The molecule has 0 saturated heterocycles. The van der Waals surface area contributed by atoms with Gasteiger partial charge in [-0.25, -0.2) is 9.97 Å². The molecule has 1 aliphatic rings. The van der Waals surface area contributed by atoms with E-state index < -0.39 is 0 Å². The molecule has 1 aliphatic carbocycles. The minimum absolute atomic E-state index is 0.504. The second kappa shape index (κ2) is 5.79. The number of benzene rings is 1. The molecule has 5 heteroatoms. The van der Waals surface area contributed by atoms with Gasteiger partial charge < -0.3 is 9.47 Å². The molecule has 1 aromatic heterocycles. The highest BCUT2D eigenvalue weighted by Gasteiger charge is 2.22. The van der Waals surface area contributed by atoms with Crippen molar-refractivity contribution in [3.63, 3.8) is 0 Å². The Morgan fingerprint density at radius 2 is 2.10 bits per heavy atom. The van der Waals surface area contributed by atoms with E-state index in [-0.39, 0.29) is 0 Å². The molecule has 0 amide bonds. The second-order valence-electron chi connectivity index (χ2n) is 4.96. The standard InChI is InChI=1S/C15H15BrN2O2/c1-10-2-5-12(6-13(10)19-8-11-3-4-11)20-15-7-14(16)17-9-18-15/h2,5-7,9,11H,3-4,8H2,1H3. The van der Waals surface area contributed by atoms with Crippen LogP contribution in [-0.2, 0) is 0 Å². The first-order valence-corrected chi connectivity index (χ1v) is 7.39. The van der Waals surface area contributed by atoms with Gasteiger partial charge in [0.15, 0.2) is 0 Å². The molecular weight excluding hydrogens is 320 g/mol. The number of halogens is 1. The van der Waals surface area contributed by atoms with Crippen LogP contribution in [0.5, 0.6) is 17.4 Å². The number of ether oxygens (including phenoxy) is 2. The maximum absolute atomic E-state index is 5.84. The third-order valence-electron chi connectivity index (χ3n) is 3.16. The highest BCUT2D eigenvalue weighted by molar-refractivity contribution is 9.10. The van der Waals surface area contributed by atoms with Crippen molar-refractivity contribution in [3.05, 3.63) is 40.8 Å². The van der Waals surface area contributed by atoms with Crippen molar-refractivity contribution < 1.29 is 9.47 Å². The summed E-state index contributed by atoms with van der Waals surface area (Å²) in [7, 11) is 0. The van der Waals surface area contributed by atoms with E-state index in [1.54, 1.807) is 6.07 Å². The molecule has 1 aromatic carbocycles. The summed E-state index contributed by atoms with van der Waals surface area (Å²) in [4.78, 5) is 8.04. The zero-order valence-electron chi connectivity index (χ0n) is 11.2. The van der Waals surface area contributed by atoms with Gasteiger partial charge in [-0.2, -0.15) is 0 Å². The highest BCUT2D eigenvalue weighted by atomic mass is 79.9.